The summed E-state index contributed by atoms with van der Waals surface area (Å²) < 4.78 is 52.4. The molecule has 4 aromatic rings. The number of nitrogens with two attached hydrogens (primary N) is 6. The van der Waals surface area contributed by atoms with Crippen LogP contribution in [-0.2, 0) is 71.1 Å². The number of likely N-dealkylation sites (tertiary alicyclic amines) is 4. The van der Waals surface area contributed by atoms with Crippen LogP contribution in [0.3, 0.4) is 0 Å². The van der Waals surface area contributed by atoms with Crippen LogP contribution in [-0.4, -0.2) is 165 Å². The summed E-state index contributed by atoms with van der Waals surface area (Å²) in [5, 5.41) is 34.5. The molecule has 658 valence electrons. The smallest absolute Gasteiger partial charge is 0.257 e. The number of aliphatic hydroxyl groups excluding tert-OH is 2. The molecule has 4 heterocycles. The highest BCUT2D eigenvalue weighted by atomic mass is 35.5. The minimum Gasteiger partial charge on any atom is -0.383 e. The molecule has 0 spiro atoms. The number of hydrogen-bond donors (Lipinski definition) is 12. The van der Waals surface area contributed by atoms with Crippen LogP contribution in [0.15, 0.2) is 72.8 Å². The zero-order chi connectivity index (χ0) is 86.1. The van der Waals surface area contributed by atoms with Crippen LogP contribution >= 0.6 is 46.4 Å². The second-order valence-corrected chi connectivity index (χ2v) is 35.1. The molecule has 119 heavy (non-hydrogen) atoms. The Morgan fingerprint density at radius 3 is 0.916 bits per heavy atom. The summed E-state index contributed by atoms with van der Waals surface area (Å²) in [6.45, 7) is 4.92. The van der Waals surface area contributed by atoms with E-state index in [9.17, 15) is 66.1 Å². The Hall–Kier alpha value is -6.80. The molecular formula is C87H124Cl4F4N14O10. The number of nitrogens with one attached hydrogen (secondary N) is 4. The summed E-state index contributed by atoms with van der Waals surface area (Å²) >= 11 is 24.2. The first-order valence-corrected chi connectivity index (χ1v) is 44.3. The number of aliphatic hydroxyl groups is 2. The van der Waals surface area contributed by atoms with Gasteiger partial charge in [-0.3, -0.25) is 38.4 Å². The first kappa shape index (κ1) is 96.0. The number of alkyl halides is 4. The van der Waals surface area contributed by atoms with Gasteiger partial charge in [0, 0.05) is 85.0 Å². The van der Waals surface area contributed by atoms with Gasteiger partial charge in [-0.05, 0) is 226 Å². The Balaban J connectivity index is 0.000000181. The van der Waals surface area contributed by atoms with Gasteiger partial charge >= 0.3 is 0 Å². The van der Waals surface area contributed by atoms with Crippen LogP contribution in [0.25, 0.3) is 0 Å². The maximum absolute atomic E-state index is 13.1. The number of carbonyl (C=O) groups excluding carboxylic acids is 8. The molecule has 32 heteroatoms. The van der Waals surface area contributed by atoms with Gasteiger partial charge < -0.3 is 85.5 Å². The predicted octanol–water partition coefficient (Wildman–Crippen LogP) is 11.5. The summed E-state index contributed by atoms with van der Waals surface area (Å²) in [7, 11) is 0. The van der Waals surface area contributed by atoms with Gasteiger partial charge in [-0.15, -0.1) is 0 Å². The lowest BCUT2D eigenvalue weighted by atomic mass is 9.83. The van der Waals surface area contributed by atoms with Gasteiger partial charge in [0.1, 0.15) is 36.4 Å². The number of rotatable bonds is 26. The lowest BCUT2D eigenvalue weighted by molar-refractivity contribution is -0.148. The predicted molar refractivity (Wildman–Crippen MR) is 453 cm³/mol. The number of nitrogens with zero attached hydrogens (tertiary/aromatic N) is 4. The van der Waals surface area contributed by atoms with Gasteiger partial charge in [-0.25, -0.2) is 17.6 Å². The SMILES string of the molecule is CC(N)c1ccc(Cl)cc1CNC(=O)[C@@H]1CCCN1C(=O)[C@@H](O)C1CCCCC1.NC(c1ccc(Cl)cc1CNC(=O)[C@@H]1CCCN1C(=O)[C@@H](N)C1CCCCC1)C(F)F.NC(c1ccc(Cl)cc1CNC(=O)[C@@H]1CCCN1C(=O)[C@@H](O)C1CCCCC1)C(F)F.NCc1ccc(Cl)cc1CNC(=O)[C@@H]1CCCN1C(=O)[C@@H](N)C1CCCCC1. The van der Waals surface area contributed by atoms with E-state index in [1.54, 1.807) is 26.8 Å². The Labute approximate surface area is 717 Å². The highest BCUT2D eigenvalue weighted by Crippen LogP contribution is 2.36. The molecule has 4 aliphatic heterocycles. The molecule has 11 atom stereocenters. The third-order valence-corrected chi connectivity index (χ3v) is 26.1. The Kier molecular flexibility index (Phi) is 38.1. The van der Waals surface area contributed by atoms with Crippen LogP contribution in [0.2, 0.25) is 20.1 Å². The number of halogens is 8. The van der Waals surface area contributed by atoms with E-state index in [2.05, 4.69) is 21.3 Å². The molecule has 4 aromatic carbocycles. The van der Waals surface area contributed by atoms with Crippen molar-refractivity contribution in [3.63, 3.8) is 0 Å². The number of carbonyl (C=O) groups is 8. The molecule has 4 aliphatic carbocycles. The van der Waals surface area contributed by atoms with Crippen molar-refractivity contribution in [1.29, 1.82) is 0 Å². The average Bonchev–Trinajstić information content (AvgIpc) is 1.66. The fourth-order valence-electron chi connectivity index (χ4n) is 18.3. The van der Waals surface area contributed by atoms with Crippen molar-refractivity contribution in [2.75, 3.05) is 26.2 Å². The van der Waals surface area contributed by atoms with E-state index in [-0.39, 0.29) is 95.3 Å². The van der Waals surface area contributed by atoms with Gasteiger partial charge in [-0.2, -0.15) is 0 Å². The molecule has 8 amide bonds. The van der Waals surface area contributed by atoms with Gasteiger partial charge in [0.2, 0.25) is 35.4 Å². The van der Waals surface area contributed by atoms with Crippen molar-refractivity contribution >= 4 is 93.7 Å². The maximum atomic E-state index is 13.1. The normalized spacial score (nSPS) is 21.9. The average molecular weight is 1740 g/mol. The van der Waals surface area contributed by atoms with Crippen molar-refractivity contribution in [1.82, 2.24) is 40.9 Å². The van der Waals surface area contributed by atoms with Crippen molar-refractivity contribution in [2.24, 2.45) is 58.1 Å². The Bertz CT molecular complexity index is 3900. The lowest BCUT2D eigenvalue weighted by Crippen LogP contribution is -2.53. The second kappa shape index (κ2) is 47.2. The molecule has 0 bridgehead atoms. The first-order valence-electron chi connectivity index (χ1n) is 42.8. The molecule has 4 saturated carbocycles. The molecule has 12 rings (SSSR count). The Morgan fingerprint density at radius 1 is 0.361 bits per heavy atom. The van der Waals surface area contributed by atoms with Crippen LogP contribution in [0.5, 0.6) is 0 Å². The van der Waals surface area contributed by atoms with Crippen molar-refractivity contribution in [3.8, 4) is 0 Å². The first-order chi connectivity index (χ1) is 57.0. The van der Waals surface area contributed by atoms with E-state index >= 15 is 0 Å². The van der Waals surface area contributed by atoms with E-state index in [4.69, 9.17) is 80.8 Å². The van der Waals surface area contributed by atoms with Crippen LogP contribution in [0, 0.1) is 23.7 Å². The highest BCUT2D eigenvalue weighted by molar-refractivity contribution is 6.31. The minimum atomic E-state index is -2.75. The minimum absolute atomic E-state index is 0.00234. The molecule has 0 aromatic heterocycles. The maximum Gasteiger partial charge on any atom is 0.257 e. The number of amides is 8. The highest BCUT2D eigenvalue weighted by Gasteiger charge is 2.44. The topological polar surface area (TPSA) is 394 Å². The number of hydrogen-bond acceptors (Lipinski definition) is 16. The summed E-state index contributed by atoms with van der Waals surface area (Å²) in [5.41, 5.74) is 40.5. The van der Waals surface area contributed by atoms with Gasteiger partial charge in [-0.1, -0.05) is 148 Å². The fourth-order valence-corrected chi connectivity index (χ4v) is 19.1. The van der Waals surface area contributed by atoms with Crippen LogP contribution in [0.4, 0.5) is 17.6 Å². The summed E-state index contributed by atoms with van der Waals surface area (Å²) in [6.07, 6.45) is 18.3. The van der Waals surface area contributed by atoms with E-state index < -0.39 is 79.3 Å². The number of benzene rings is 4. The molecule has 8 fully saturated rings. The quantitative estimate of drug-likeness (QED) is 0.0260. The largest absolute Gasteiger partial charge is 0.383 e. The molecule has 4 saturated heterocycles. The molecule has 24 nitrogen and oxygen atoms in total. The van der Waals surface area contributed by atoms with Gasteiger partial charge in [0.25, 0.3) is 24.7 Å². The van der Waals surface area contributed by atoms with Crippen molar-refractivity contribution in [3.05, 3.63) is 137 Å². The van der Waals surface area contributed by atoms with E-state index in [1.807, 2.05) is 31.2 Å². The fraction of sp³-hybridized carbons (Fsp3) is 0.632. The van der Waals surface area contributed by atoms with Crippen LogP contribution < -0.4 is 55.7 Å². The van der Waals surface area contributed by atoms with Gasteiger partial charge in [0.15, 0.2) is 0 Å². The summed E-state index contributed by atoms with van der Waals surface area (Å²) in [4.78, 5) is 109. The third kappa shape index (κ3) is 26.6. The molecule has 3 unspecified atom stereocenters. The molecule has 18 N–H and O–H groups in total. The lowest BCUT2D eigenvalue weighted by Gasteiger charge is -2.32. The summed E-state index contributed by atoms with van der Waals surface area (Å²) in [6, 6.07) is 13.4. The Morgan fingerprint density at radius 2 is 0.622 bits per heavy atom. The molecule has 8 aliphatic rings. The van der Waals surface area contributed by atoms with Gasteiger partial charge in [0.05, 0.1) is 24.2 Å². The second-order valence-electron chi connectivity index (χ2n) is 33.3. The third-order valence-electron chi connectivity index (χ3n) is 25.2. The monoisotopic (exact) mass is 1740 g/mol. The van der Waals surface area contributed by atoms with Crippen LogP contribution in [0.1, 0.15) is 249 Å². The molecular weight excluding hydrogens is 1620 g/mol. The van der Waals surface area contributed by atoms with Crippen molar-refractivity contribution in [2.45, 2.75) is 299 Å². The zero-order valence-corrected chi connectivity index (χ0v) is 71.4. The van der Waals surface area contributed by atoms with Crippen molar-refractivity contribution < 1.29 is 66.1 Å². The van der Waals surface area contributed by atoms with E-state index in [1.165, 1.54) is 60.6 Å². The molecule has 0 radical (unpaired) electrons. The van der Waals surface area contributed by atoms with E-state index in [0.717, 1.165) is 151 Å². The summed E-state index contributed by atoms with van der Waals surface area (Å²) in [5.74, 6) is -1.61. The zero-order valence-electron chi connectivity index (χ0n) is 68.3. The van der Waals surface area contributed by atoms with E-state index in [0.29, 0.717) is 109 Å². The standard InChI is InChI=1S/C22H31ClF2N4O2.C22H30ClF2N3O3.C22H32ClN3O3.C21H31ClN4O2/c23-15-8-9-16(19(27)20(24)25)14(11-15)12-28-21(30)17-7-4-10-29(17)22(31)18(26)13-5-2-1-3-6-13;23-15-8-9-16(18(26)20(24)25)14(11-15)12-27-21(30)17-7-4-10-28(17)22(31)19(29)13-5-2-1-3-6-13;1-14(24)18-10-9-17(23)12-16(18)13-25-21(28)19-8-5-11-26(19)22(29)20(27)15-6-3-2-4-7-15;22-17-9-8-15(12-23)16(11-17)13-25-20(27)18-7-4-10-26(18)21(28)19(24)14-5-2-1-3-6-14/h8-9,11,13,17-20H,1-7,10,12,26-27H2,(H,28,30);8-9,11,13,17-20,29H,1-7,10,12,26H2,(H,27,30);9-10,12,14-15,19-20,27H,2-8,11,13,24H2,1H3,(H,25,28);8-9,11,14,18-19H,1-7,10,12-13,23-24H2,(H,25,27)/t17-,18-,19?;17-,18?,19-;14?,19-,20-;18-,19-/m0000/s1.